The number of hydrogen-bond donors (Lipinski definition) is 1. The number of rotatable bonds is 4. The molecule has 1 aromatic carbocycles. The Morgan fingerprint density at radius 3 is 2.56 bits per heavy atom. The van der Waals surface area contributed by atoms with Crippen molar-refractivity contribution >= 4 is 21.4 Å². The molecule has 0 fully saturated rings. The molecule has 0 atom stereocenters. The first kappa shape index (κ1) is 13.4. The van der Waals surface area contributed by atoms with Crippen LogP contribution in [0.5, 0.6) is 0 Å². The van der Waals surface area contributed by atoms with Crippen molar-refractivity contribution < 1.29 is 8.78 Å². The summed E-state index contributed by atoms with van der Waals surface area (Å²) in [5.41, 5.74) is 1.05. The average molecular weight is 269 g/mol. The van der Waals surface area contributed by atoms with Crippen molar-refractivity contribution in [2.24, 2.45) is 5.92 Å². The highest BCUT2D eigenvalue weighted by Crippen LogP contribution is 2.32. The number of benzene rings is 1. The SMILES string of the molecule is Cc1c(CNCC(C)C)sc2cc(F)c(F)cc12. The van der Waals surface area contributed by atoms with Crippen LogP contribution in [-0.2, 0) is 6.54 Å². The van der Waals surface area contributed by atoms with Gasteiger partial charge in [0.15, 0.2) is 11.6 Å². The molecule has 0 aliphatic heterocycles. The van der Waals surface area contributed by atoms with E-state index >= 15 is 0 Å². The highest BCUT2D eigenvalue weighted by atomic mass is 32.1. The standard InChI is InChI=1S/C14H17F2NS/c1-8(2)6-17-7-14-9(3)10-4-11(15)12(16)5-13(10)18-14/h4-5,8,17H,6-7H2,1-3H3. The van der Waals surface area contributed by atoms with E-state index in [1.54, 1.807) is 0 Å². The molecule has 1 N–H and O–H groups in total. The van der Waals surface area contributed by atoms with Crippen molar-refractivity contribution in [3.05, 3.63) is 34.2 Å². The molecular formula is C14H17F2NS. The van der Waals surface area contributed by atoms with E-state index in [0.717, 1.165) is 33.6 Å². The first-order valence-electron chi connectivity index (χ1n) is 6.06. The zero-order valence-electron chi connectivity index (χ0n) is 10.8. The van der Waals surface area contributed by atoms with E-state index in [1.807, 2.05) is 6.92 Å². The normalized spacial score (nSPS) is 11.7. The van der Waals surface area contributed by atoms with Crippen molar-refractivity contribution in [3.63, 3.8) is 0 Å². The second kappa shape index (κ2) is 5.33. The lowest BCUT2D eigenvalue weighted by Gasteiger charge is -2.06. The van der Waals surface area contributed by atoms with E-state index < -0.39 is 11.6 Å². The third-order valence-electron chi connectivity index (χ3n) is 2.92. The van der Waals surface area contributed by atoms with Gasteiger partial charge in [-0.05, 0) is 42.5 Å². The Hall–Kier alpha value is -1.00. The smallest absolute Gasteiger partial charge is 0.160 e. The lowest BCUT2D eigenvalue weighted by Crippen LogP contribution is -2.18. The predicted octanol–water partition coefficient (Wildman–Crippen LogP) is 4.23. The molecule has 1 aromatic heterocycles. The molecule has 0 bridgehead atoms. The van der Waals surface area contributed by atoms with Gasteiger partial charge in [0.25, 0.3) is 0 Å². The largest absolute Gasteiger partial charge is 0.312 e. The van der Waals surface area contributed by atoms with Gasteiger partial charge in [-0.3, -0.25) is 0 Å². The van der Waals surface area contributed by atoms with Gasteiger partial charge in [-0.15, -0.1) is 11.3 Å². The van der Waals surface area contributed by atoms with Crippen LogP contribution in [0.4, 0.5) is 8.78 Å². The highest BCUT2D eigenvalue weighted by molar-refractivity contribution is 7.19. The van der Waals surface area contributed by atoms with Gasteiger partial charge in [-0.2, -0.15) is 0 Å². The van der Waals surface area contributed by atoms with Gasteiger partial charge >= 0.3 is 0 Å². The Morgan fingerprint density at radius 1 is 1.22 bits per heavy atom. The van der Waals surface area contributed by atoms with Gasteiger partial charge in [-0.25, -0.2) is 8.78 Å². The molecule has 2 rings (SSSR count). The molecule has 0 saturated carbocycles. The minimum absolute atomic E-state index is 0.592. The molecule has 1 heterocycles. The Morgan fingerprint density at radius 2 is 1.89 bits per heavy atom. The van der Waals surface area contributed by atoms with Crippen LogP contribution >= 0.6 is 11.3 Å². The van der Waals surface area contributed by atoms with Crippen LogP contribution in [0.2, 0.25) is 0 Å². The average Bonchev–Trinajstić information content (AvgIpc) is 2.57. The molecule has 98 valence electrons. The number of aryl methyl sites for hydroxylation is 1. The lowest BCUT2D eigenvalue weighted by atomic mass is 10.1. The first-order valence-corrected chi connectivity index (χ1v) is 6.88. The van der Waals surface area contributed by atoms with Gasteiger partial charge in [-0.1, -0.05) is 13.8 Å². The van der Waals surface area contributed by atoms with Gasteiger partial charge in [0.1, 0.15) is 0 Å². The van der Waals surface area contributed by atoms with Crippen molar-refractivity contribution in [3.8, 4) is 0 Å². The van der Waals surface area contributed by atoms with E-state index in [9.17, 15) is 8.78 Å². The molecular weight excluding hydrogens is 252 g/mol. The van der Waals surface area contributed by atoms with Gasteiger partial charge < -0.3 is 5.32 Å². The topological polar surface area (TPSA) is 12.0 Å². The van der Waals surface area contributed by atoms with Crippen LogP contribution < -0.4 is 5.32 Å². The monoisotopic (exact) mass is 269 g/mol. The van der Waals surface area contributed by atoms with E-state index in [0.29, 0.717) is 5.92 Å². The number of nitrogens with one attached hydrogen (secondary N) is 1. The van der Waals surface area contributed by atoms with E-state index in [-0.39, 0.29) is 0 Å². The summed E-state index contributed by atoms with van der Waals surface area (Å²) in [5.74, 6) is -0.954. The van der Waals surface area contributed by atoms with Crippen molar-refractivity contribution in [2.75, 3.05) is 6.54 Å². The van der Waals surface area contributed by atoms with E-state index in [2.05, 4.69) is 19.2 Å². The molecule has 1 nitrogen and oxygen atoms in total. The molecule has 0 radical (unpaired) electrons. The molecule has 0 aliphatic rings. The van der Waals surface area contributed by atoms with Crippen LogP contribution in [0.1, 0.15) is 24.3 Å². The summed E-state index contributed by atoms with van der Waals surface area (Å²) in [6.07, 6.45) is 0. The number of thiophene rings is 1. The summed E-state index contributed by atoms with van der Waals surface area (Å²) < 4.78 is 27.2. The fourth-order valence-corrected chi connectivity index (χ4v) is 3.10. The molecule has 0 aliphatic carbocycles. The molecule has 0 spiro atoms. The molecule has 0 unspecified atom stereocenters. The molecule has 18 heavy (non-hydrogen) atoms. The fraction of sp³-hybridized carbons (Fsp3) is 0.429. The number of hydrogen-bond acceptors (Lipinski definition) is 2. The quantitative estimate of drug-likeness (QED) is 0.875. The number of fused-ring (bicyclic) bond motifs is 1. The summed E-state index contributed by atoms with van der Waals surface area (Å²) in [6.45, 7) is 7.95. The second-order valence-corrected chi connectivity index (χ2v) is 6.07. The van der Waals surface area contributed by atoms with Gasteiger partial charge in [0.05, 0.1) is 0 Å². The van der Waals surface area contributed by atoms with Crippen LogP contribution in [0.15, 0.2) is 12.1 Å². The van der Waals surface area contributed by atoms with Crippen molar-refractivity contribution in [1.82, 2.24) is 5.32 Å². The van der Waals surface area contributed by atoms with Crippen molar-refractivity contribution in [1.29, 1.82) is 0 Å². The zero-order valence-corrected chi connectivity index (χ0v) is 11.6. The third-order valence-corrected chi connectivity index (χ3v) is 4.17. The summed E-state index contributed by atoms with van der Waals surface area (Å²) in [6, 6.07) is 2.58. The van der Waals surface area contributed by atoms with Crippen LogP contribution in [-0.4, -0.2) is 6.54 Å². The van der Waals surface area contributed by atoms with Crippen LogP contribution in [0, 0.1) is 24.5 Å². The van der Waals surface area contributed by atoms with Gasteiger partial charge in [0, 0.05) is 16.1 Å². The van der Waals surface area contributed by atoms with Crippen LogP contribution in [0.3, 0.4) is 0 Å². The molecule has 2 aromatic rings. The number of halogens is 2. The van der Waals surface area contributed by atoms with E-state index in [1.165, 1.54) is 23.5 Å². The Kier molecular flexibility index (Phi) is 3.97. The summed E-state index contributed by atoms with van der Waals surface area (Å²) in [7, 11) is 0. The van der Waals surface area contributed by atoms with Gasteiger partial charge in [0.2, 0.25) is 0 Å². The van der Waals surface area contributed by atoms with E-state index in [4.69, 9.17) is 0 Å². The second-order valence-electron chi connectivity index (χ2n) is 4.94. The summed E-state index contributed by atoms with van der Waals surface area (Å²) in [4.78, 5) is 1.15. The molecule has 0 saturated heterocycles. The maximum Gasteiger partial charge on any atom is 0.160 e. The Bertz CT molecular complexity index is 560. The highest BCUT2D eigenvalue weighted by Gasteiger charge is 2.12. The Balaban J connectivity index is 2.27. The maximum absolute atomic E-state index is 13.2. The fourth-order valence-electron chi connectivity index (χ4n) is 1.91. The zero-order chi connectivity index (χ0) is 13.3. The third kappa shape index (κ3) is 2.70. The van der Waals surface area contributed by atoms with Crippen molar-refractivity contribution in [2.45, 2.75) is 27.3 Å². The summed E-state index contributed by atoms with van der Waals surface area (Å²) in [5, 5.41) is 4.17. The van der Waals surface area contributed by atoms with Crippen LogP contribution in [0.25, 0.3) is 10.1 Å². The summed E-state index contributed by atoms with van der Waals surface area (Å²) >= 11 is 1.53. The Labute approximate surface area is 110 Å². The molecule has 0 amide bonds. The maximum atomic E-state index is 13.2. The lowest BCUT2D eigenvalue weighted by molar-refractivity contribution is 0.511. The minimum Gasteiger partial charge on any atom is -0.312 e. The molecule has 4 heteroatoms. The minimum atomic E-state index is -0.773. The first-order chi connectivity index (χ1) is 8.49. The predicted molar refractivity (Wildman–Crippen MR) is 73.0 cm³/mol.